The molecule has 0 saturated carbocycles. The molecule has 0 aliphatic rings. The van der Waals surface area contributed by atoms with Crippen LogP contribution in [-0.4, -0.2) is 6.61 Å². The van der Waals surface area contributed by atoms with Gasteiger partial charge in [0.1, 0.15) is 5.75 Å². The van der Waals surface area contributed by atoms with Gasteiger partial charge in [0.05, 0.1) is 6.61 Å². The molecule has 0 fully saturated rings. The molecule has 1 atom stereocenters. The summed E-state index contributed by atoms with van der Waals surface area (Å²) in [6.45, 7) is 2.66. The third kappa shape index (κ3) is 4.59. The SMILES string of the molecule is CCOc1ccccc1C(CCCc1ccccc1)NN. The number of hydrogen-bond donors (Lipinski definition) is 2. The average Bonchev–Trinajstić information content (AvgIpc) is 2.54. The standard InChI is InChI=1S/C18H24N2O/c1-2-21-18-14-7-6-12-16(18)17(20-19)13-8-11-15-9-4-3-5-10-15/h3-7,9-10,12,14,17,20H,2,8,11,13,19H2,1H3. The Kier molecular flexibility index (Phi) is 6.25. The van der Waals surface area contributed by atoms with E-state index in [0.717, 1.165) is 30.6 Å². The molecule has 0 bridgehead atoms. The van der Waals surface area contributed by atoms with E-state index in [9.17, 15) is 0 Å². The Balaban J connectivity index is 1.96. The van der Waals surface area contributed by atoms with Crippen LogP contribution in [0, 0.1) is 0 Å². The minimum absolute atomic E-state index is 0.122. The number of hydrogen-bond acceptors (Lipinski definition) is 3. The van der Waals surface area contributed by atoms with Gasteiger partial charge in [-0.25, -0.2) is 0 Å². The number of para-hydroxylation sites is 1. The van der Waals surface area contributed by atoms with Crippen LogP contribution in [0.15, 0.2) is 54.6 Å². The molecule has 2 aromatic carbocycles. The fourth-order valence-corrected chi connectivity index (χ4v) is 2.54. The van der Waals surface area contributed by atoms with Crippen molar-refractivity contribution in [2.75, 3.05) is 6.61 Å². The number of ether oxygens (including phenoxy) is 1. The highest BCUT2D eigenvalue weighted by atomic mass is 16.5. The van der Waals surface area contributed by atoms with Gasteiger partial charge in [0.2, 0.25) is 0 Å². The zero-order valence-corrected chi connectivity index (χ0v) is 12.6. The fourth-order valence-electron chi connectivity index (χ4n) is 2.54. The Morgan fingerprint density at radius 3 is 2.48 bits per heavy atom. The zero-order valence-electron chi connectivity index (χ0n) is 12.6. The van der Waals surface area contributed by atoms with E-state index >= 15 is 0 Å². The zero-order chi connectivity index (χ0) is 14.9. The summed E-state index contributed by atoms with van der Waals surface area (Å²) in [5.41, 5.74) is 5.42. The molecule has 0 radical (unpaired) electrons. The second-order valence-corrected chi connectivity index (χ2v) is 5.07. The van der Waals surface area contributed by atoms with Crippen LogP contribution in [0.5, 0.6) is 5.75 Å². The molecule has 0 heterocycles. The van der Waals surface area contributed by atoms with Gasteiger partial charge in [-0.1, -0.05) is 48.5 Å². The lowest BCUT2D eigenvalue weighted by molar-refractivity contribution is 0.329. The van der Waals surface area contributed by atoms with Crippen molar-refractivity contribution in [3.05, 3.63) is 65.7 Å². The number of hydrazine groups is 1. The predicted molar refractivity (Wildman–Crippen MR) is 87.1 cm³/mol. The van der Waals surface area contributed by atoms with Gasteiger partial charge < -0.3 is 4.74 Å². The van der Waals surface area contributed by atoms with Crippen LogP contribution in [0.25, 0.3) is 0 Å². The van der Waals surface area contributed by atoms with Crippen molar-refractivity contribution in [3.8, 4) is 5.75 Å². The van der Waals surface area contributed by atoms with E-state index in [-0.39, 0.29) is 6.04 Å². The van der Waals surface area contributed by atoms with Crippen LogP contribution >= 0.6 is 0 Å². The molecule has 0 aromatic heterocycles. The molecule has 0 aliphatic carbocycles. The molecular formula is C18H24N2O. The molecule has 0 spiro atoms. The van der Waals surface area contributed by atoms with Crippen molar-refractivity contribution >= 4 is 0 Å². The smallest absolute Gasteiger partial charge is 0.124 e. The summed E-state index contributed by atoms with van der Waals surface area (Å²) in [5.74, 6) is 6.66. The largest absolute Gasteiger partial charge is 0.494 e. The van der Waals surface area contributed by atoms with Crippen LogP contribution in [0.2, 0.25) is 0 Å². The van der Waals surface area contributed by atoms with Gasteiger partial charge in [-0.05, 0) is 37.8 Å². The monoisotopic (exact) mass is 284 g/mol. The highest BCUT2D eigenvalue weighted by molar-refractivity contribution is 5.35. The molecule has 0 amide bonds. The first kappa shape index (κ1) is 15.5. The average molecular weight is 284 g/mol. The number of benzene rings is 2. The van der Waals surface area contributed by atoms with Gasteiger partial charge in [-0.15, -0.1) is 0 Å². The minimum Gasteiger partial charge on any atom is -0.494 e. The van der Waals surface area contributed by atoms with Crippen LogP contribution in [0.4, 0.5) is 0 Å². The summed E-state index contributed by atoms with van der Waals surface area (Å²) >= 11 is 0. The van der Waals surface area contributed by atoms with Gasteiger partial charge in [-0.2, -0.15) is 0 Å². The summed E-state index contributed by atoms with van der Waals surface area (Å²) in [5, 5.41) is 0. The summed E-state index contributed by atoms with van der Waals surface area (Å²) in [6, 6.07) is 18.8. The molecule has 0 aliphatic heterocycles. The second-order valence-electron chi connectivity index (χ2n) is 5.07. The summed E-state index contributed by atoms with van der Waals surface area (Å²) in [4.78, 5) is 0. The maximum Gasteiger partial charge on any atom is 0.124 e. The maximum absolute atomic E-state index is 5.74. The molecule has 21 heavy (non-hydrogen) atoms. The highest BCUT2D eigenvalue weighted by Gasteiger charge is 2.14. The van der Waals surface area contributed by atoms with Crippen molar-refractivity contribution in [1.29, 1.82) is 0 Å². The van der Waals surface area contributed by atoms with E-state index in [0.29, 0.717) is 6.61 Å². The maximum atomic E-state index is 5.74. The number of nitrogens with one attached hydrogen (secondary N) is 1. The van der Waals surface area contributed by atoms with Crippen molar-refractivity contribution < 1.29 is 4.74 Å². The Morgan fingerprint density at radius 1 is 1.05 bits per heavy atom. The Hall–Kier alpha value is -1.84. The molecule has 2 aromatic rings. The van der Waals surface area contributed by atoms with Crippen molar-refractivity contribution in [1.82, 2.24) is 5.43 Å². The summed E-state index contributed by atoms with van der Waals surface area (Å²) < 4.78 is 5.69. The summed E-state index contributed by atoms with van der Waals surface area (Å²) in [7, 11) is 0. The Labute approximate surface area is 127 Å². The van der Waals surface area contributed by atoms with E-state index in [1.165, 1.54) is 5.56 Å². The molecule has 112 valence electrons. The van der Waals surface area contributed by atoms with E-state index in [1.807, 2.05) is 31.2 Å². The Morgan fingerprint density at radius 2 is 1.76 bits per heavy atom. The molecule has 3 heteroatoms. The normalized spacial score (nSPS) is 12.1. The van der Waals surface area contributed by atoms with Gasteiger partial charge >= 0.3 is 0 Å². The van der Waals surface area contributed by atoms with E-state index in [1.54, 1.807) is 0 Å². The molecule has 3 N–H and O–H groups in total. The van der Waals surface area contributed by atoms with Gasteiger partial charge in [0, 0.05) is 11.6 Å². The predicted octanol–water partition coefficient (Wildman–Crippen LogP) is 3.61. The molecular weight excluding hydrogens is 260 g/mol. The lowest BCUT2D eigenvalue weighted by atomic mass is 9.99. The van der Waals surface area contributed by atoms with Crippen molar-refractivity contribution in [2.24, 2.45) is 5.84 Å². The molecule has 1 unspecified atom stereocenters. The van der Waals surface area contributed by atoms with Crippen LogP contribution < -0.4 is 16.0 Å². The third-order valence-electron chi connectivity index (χ3n) is 3.60. The molecule has 2 rings (SSSR count). The third-order valence-corrected chi connectivity index (χ3v) is 3.60. The van der Waals surface area contributed by atoms with Crippen LogP contribution in [-0.2, 0) is 6.42 Å². The van der Waals surface area contributed by atoms with E-state index in [2.05, 4.69) is 35.8 Å². The quantitative estimate of drug-likeness (QED) is 0.575. The van der Waals surface area contributed by atoms with Gasteiger partial charge in [-0.3, -0.25) is 11.3 Å². The number of rotatable bonds is 8. The first-order valence-corrected chi connectivity index (χ1v) is 7.57. The van der Waals surface area contributed by atoms with Crippen LogP contribution in [0.1, 0.15) is 36.9 Å². The first-order valence-electron chi connectivity index (χ1n) is 7.57. The molecule has 0 saturated heterocycles. The van der Waals surface area contributed by atoms with Crippen molar-refractivity contribution in [3.63, 3.8) is 0 Å². The lowest BCUT2D eigenvalue weighted by Gasteiger charge is -2.19. The van der Waals surface area contributed by atoms with Gasteiger partial charge in [0.25, 0.3) is 0 Å². The van der Waals surface area contributed by atoms with E-state index < -0.39 is 0 Å². The van der Waals surface area contributed by atoms with E-state index in [4.69, 9.17) is 10.6 Å². The first-order chi connectivity index (χ1) is 10.3. The highest BCUT2D eigenvalue weighted by Crippen LogP contribution is 2.28. The minimum atomic E-state index is 0.122. The topological polar surface area (TPSA) is 47.3 Å². The fraction of sp³-hybridized carbons (Fsp3) is 0.333. The van der Waals surface area contributed by atoms with Crippen LogP contribution in [0.3, 0.4) is 0 Å². The number of nitrogens with two attached hydrogens (primary N) is 1. The number of aryl methyl sites for hydroxylation is 1. The van der Waals surface area contributed by atoms with Gasteiger partial charge in [0.15, 0.2) is 0 Å². The molecule has 3 nitrogen and oxygen atoms in total. The Bertz CT molecular complexity index is 528. The summed E-state index contributed by atoms with van der Waals surface area (Å²) in [6.07, 6.45) is 3.13. The van der Waals surface area contributed by atoms with Crippen molar-refractivity contribution in [2.45, 2.75) is 32.2 Å². The lowest BCUT2D eigenvalue weighted by Crippen LogP contribution is -2.28. The second kappa shape index (κ2) is 8.45.